The minimum Gasteiger partial charge on any atom is -0.342 e. The van der Waals surface area contributed by atoms with Gasteiger partial charge in [-0.15, -0.1) is 0 Å². The van der Waals surface area contributed by atoms with Crippen LogP contribution in [0.25, 0.3) is 0 Å². The van der Waals surface area contributed by atoms with Crippen molar-refractivity contribution in [3.63, 3.8) is 0 Å². The van der Waals surface area contributed by atoms with E-state index in [4.69, 9.17) is 0 Å². The van der Waals surface area contributed by atoms with Crippen LogP contribution in [0.4, 0.5) is 11.4 Å². The number of hydrogen-bond acceptors (Lipinski definition) is 4. The van der Waals surface area contributed by atoms with Gasteiger partial charge in [0.2, 0.25) is 11.8 Å². The lowest BCUT2D eigenvalue weighted by atomic mass is 9.97. The van der Waals surface area contributed by atoms with Gasteiger partial charge in [0.1, 0.15) is 0 Å². The molecule has 2 heterocycles. The normalized spacial score (nSPS) is 20.6. The maximum Gasteiger partial charge on any atom is 0.274 e. The minimum atomic E-state index is -0.398. The smallest absolute Gasteiger partial charge is 0.274 e. The molecule has 3 rings (SSSR count). The van der Waals surface area contributed by atoms with Crippen LogP contribution in [-0.4, -0.2) is 41.3 Å². The van der Waals surface area contributed by atoms with Crippen LogP contribution in [0, 0.1) is 16.0 Å². The Morgan fingerprint density at radius 3 is 2.87 bits per heavy atom. The second-order valence-electron chi connectivity index (χ2n) is 5.96. The summed E-state index contributed by atoms with van der Waals surface area (Å²) in [6, 6.07) is 4.85. The van der Waals surface area contributed by atoms with Crippen molar-refractivity contribution in [2.24, 2.45) is 5.92 Å². The van der Waals surface area contributed by atoms with E-state index in [1.165, 1.54) is 6.07 Å². The van der Waals surface area contributed by atoms with Gasteiger partial charge in [0.15, 0.2) is 0 Å². The summed E-state index contributed by atoms with van der Waals surface area (Å²) in [5.41, 5.74) is 1.31. The SMILES string of the molecule is CCN1CC(C(=O)N2CCCc3c2cccc3[N+](=O)[O-])CC1=O. The molecule has 0 aromatic heterocycles. The highest BCUT2D eigenvalue weighted by atomic mass is 16.6. The summed E-state index contributed by atoms with van der Waals surface area (Å²) in [6.45, 7) is 3.48. The van der Waals surface area contributed by atoms with Gasteiger partial charge in [-0.25, -0.2) is 0 Å². The fourth-order valence-electron chi connectivity index (χ4n) is 3.47. The summed E-state index contributed by atoms with van der Waals surface area (Å²) < 4.78 is 0. The third-order valence-corrected chi connectivity index (χ3v) is 4.63. The molecule has 1 fully saturated rings. The third-order valence-electron chi connectivity index (χ3n) is 4.63. The maximum atomic E-state index is 12.8. The number of nitrogens with zero attached hydrogens (tertiary/aromatic N) is 3. The Hall–Kier alpha value is -2.44. The van der Waals surface area contributed by atoms with E-state index in [-0.39, 0.29) is 29.8 Å². The predicted octanol–water partition coefficient (Wildman–Crippen LogP) is 1.74. The van der Waals surface area contributed by atoms with Crippen LogP contribution in [0.3, 0.4) is 0 Å². The minimum absolute atomic E-state index is 0.00197. The highest BCUT2D eigenvalue weighted by Crippen LogP contribution is 2.35. The lowest BCUT2D eigenvalue weighted by Gasteiger charge is -2.31. The number of fused-ring (bicyclic) bond motifs is 1. The topological polar surface area (TPSA) is 83.8 Å². The Labute approximate surface area is 134 Å². The van der Waals surface area contributed by atoms with Crippen LogP contribution in [0.5, 0.6) is 0 Å². The highest BCUT2D eigenvalue weighted by Gasteiger charge is 2.38. The third kappa shape index (κ3) is 2.67. The monoisotopic (exact) mass is 317 g/mol. The van der Waals surface area contributed by atoms with Crippen LogP contribution in [0.2, 0.25) is 0 Å². The summed E-state index contributed by atoms with van der Waals surface area (Å²) >= 11 is 0. The molecule has 0 spiro atoms. The number of hydrogen-bond donors (Lipinski definition) is 0. The first-order valence-electron chi connectivity index (χ1n) is 7.88. The predicted molar refractivity (Wildman–Crippen MR) is 84.1 cm³/mol. The van der Waals surface area contributed by atoms with E-state index in [0.717, 1.165) is 0 Å². The number of nitro benzene ring substituents is 1. The van der Waals surface area contributed by atoms with Gasteiger partial charge < -0.3 is 9.80 Å². The number of carbonyl (C=O) groups is 2. The number of carbonyl (C=O) groups excluding carboxylic acids is 2. The molecule has 122 valence electrons. The van der Waals surface area contributed by atoms with Gasteiger partial charge in [0, 0.05) is 32.1 Å². The van der Waals surface area contributed by atoms with Crippen molar-refractivity contribution in [1.82, 2.24) is 4.90 Å². The zero-order valence-electron chi connectivity index (χ0n) is 13.0. The Morgan fingerprint density at radius 1 is 1.43 bits per heavy atom. The summed E-state index contributed by atoms with van der Waals surface area (Å²) in [5.74, 6) is -0.453. The number of likely N-dealkylation sites (tertiary alicyclic amines) is 1. The van der Waals surface area contributed by atoms with Crippen molar-refractivity contribution in [3.8, 4) is 0 Å². The van der Waals surface area contributed by atoms with E-state index in [0.29, 0.717) is 43.7 Å². The molecule has 2 aliphatic rings. The van der Waals surface area contributed by atoms with E-state index in [1.807, 2.05) is 6.92 Å². The second-order valence-corrected chi connectivity index (χ2v) is 5.96. The molecule has 7 nitrogen and oxygen atoms in total. The van der Waals surface area contributed by atoms with Gasteiger partial charge in [0.05, 0.1) is 22.1 Å². The van der Waals surface area contributed by atoms with E-state index in [1.54, 1.807) is 21.9 Å². The zero-order chi connectivity index (χ0) is 16.6. The molecule has 0 saturated carbocycles. The van der Waals surface area contributed by atoms with E-state index in [9.17, 15) is 19.7 Å². The van der Waals surface area contributed by atoms with Crippen molar-refractivity contribution < 1.29 is 14.5 Å². The average molecular weight is 317 g/mol. The van der Waals surface area contributed by atoms with Gasteiger partial charge in [-0.2, -0.15) is 0 Å². The first-order valence-corrected chi connectivity index (χ1v) is 7.88. The zero-order valence-corrected chi connectivity index (χ0v) is 13.0. The van der Waals surface area contributed by atoms with Crippen LogP contribution < -0.4 is 4.90 Å². The number of amides is 2. The molecular weight excluding hydrogens is 298 g/mol. The highest BCUT2D eigenvalue weighted by molar-refractivity contribution is 6.00. The Balaban J connectivity index is 1.89. The van der Waals surface area contributed by atoms with Gasteiger partial charge in [-0.1, -0.05) is 6.07 Å². The number of rotatable bonds is 3. The average Bonchev–Trinajstić information content (AvgIpc) is 2.93. The van der Waals surface area contributed by atoms with Crippen molar-refractivity contribution in [3.05, 3.63) is 33.9 Å². The van der Waals surface area contributed by atoms with Gasteiger partial charge >= 0.3 is 0 Å². The van der Waals surface area contributed by atoms with Crippen LogP contribution in [0.15, 0.2) is 18.2 Å². The van der Waals surface area contributed by atoms with Gasteiger partial charge in [-0.3, -0.25) is 19.7 Å². The molecule has 1 aromatic rings. The van der Waals surface area contributed by atoms with Crippen molar-refractivity contribution >= 4 is 23.2 Å². The molecule has 1 atom stereocenters. The number of benzene rings is 1. The number of nitro groups is 1. The Kier molecular flexibility index (Phi) is 4.02. The molecule has 1 saturated heterocycles. The lowest BCUT2D eigenvalue weighted by molar-refractivity contribution is -0.385. The molecule has 2 aliphatic heterocycles. The summed E-state index contributed by atoms with van der Waals surface area (Å²) in [5, 5.41) is 11.2. The fourth-order valence-corrected chi connectivity index (χ4v) is 3.47. The summed E-state index contributed by atoms with van der Waals surface area (Å²) in [6.07, 6.45) is 1.52. The van der Waals surface area contributed by atoms with E-state index in [2.05, 4.69) is 0 Å². The van der Waals surface area contributed by atoms with Crippen molar-refractivity contribution in [1.29, 1.82) is 0 Å². The molecular formula is C16H19N3O4. The first kappa shape index (κ1) is 15.5. The van der Waals surface area contributed by atoms with Crippen LogP contribution >= 0.6 is 0 Å². The first-order chi connectivity index (χ1) is 11.0. The van der Waals surface area contributed by atoms with Gasteiger partial charge in [-0.05, 0) is 25.8 Å². The maximum absolute atomic E-state index is 12.8. The quantitative estimate of drug-likeness (QED) is 0.628. The second kappa shape index (κ2) is 5.98. The van der Waals surface area contributed by atoms with Crippen molar-refractivity contribution in [2.75, 3.05) is 24.5 Å². The molecule has 2 amide bonds. The molecule has 1 unspecified atom stereocenters. The van der Waals surface area contributed by atoms with E-state index >= 15 is 0 Å². The van der Waals surface area contributed by atoms with Crippen LogP contribution in [0.1, 0.15) is 25.3 Å². The summed E-state index contributed by atoms with van der Waals surface area (Å²) in [7, 11) is 0. The Bertz CT molecular complexity index is 673. The lowest BCUT2D eigenvalue weighted by Crippen LogP contribution is -2.40. The van der Waals surface area contributed by atoms with E-state index < -0.39 is 4.92 Å². The largest absolute Gasteiger partial charge is 0.342 e. The van der Waals surface area contributed by atoms with Crippen LogP contribution in [-0.2, 0) is 16.0 Å². The standard InChI is InChI=1S/C16H19N3O4/c1-2-17-10-11(9-15(17)20)16(21)18-8-4-5-12-13(18)6-3-7-14(12)19(22)23/h3,6-7,11H,2,4-5,8-10H2,1H3. The molecule has 7 heteroatoms. The van der Waals surface area contributed by atoms with Gasteiger partial charge in [0.25, 0.3) is 5.69 Å². The number of anilines is 1. The molecule has 0 N–H and O–H groups in total. The Morgan fingerprint density at radius 2 is 2.22 bits per heavy atom. The fraction of sp³-hybridized carbons (Fsp3) is 0.500. The molecule has 1 aromatic carbocycles. The molecule has 0 aliphatic carbocycles. The summed E-state index contributed by atoms with van der Waals surface area (Å²) in [4.78, 5) is 38.8. The molecule has 0 bridgehead atoms. The molecule has 23 heavy (non-hydrogen) atoms. The van der Waals surface area contributed by atoms with Crippen molar-refractivity contribution in [2.45, 2.75) is 26.2 Å². The molecule has 0 radical (unpaired) electrons.